The fourth-order valence-electron chi connectivity index (χ4n) is 6.60. The Bertz CT molecular complexity index is 2060. The number of rotatable bonds is 9. The zero-order valence-corrected chi connectivity index (χ0v) is 32.5. The molecule has 1 radical (unpaired) electrons. The standard InChI is InChI=1S/C29H22NOS.C13H24O2.Ir/c1-16-7-5-8-17(2)27(16)24-15-30-25(13-18(24)3)22-10-6-9-20-21-11-12-26-23(14-19(4)32-26)29(21)31-28(20)22;1-5-10(6-2)12(14)9-13(15)11(7-3)8-4;/h5-9,11-15H,1-4H3;9-11,14H,5-8H2,1-4H3;/q-1;;/b;12-9-;. The molecule has 6 rings (SSSR count). The maximum Gasteiger partial charge on any atom is 0.162 e. The fraction of sp³-hybridized carbons (Fsp3) is 0.333. The van der Waals surface area contributed by atoms with Gasteiger partial charge in [-0.05, 0) is 93.5 Å². The second kappa shape index (κ2) is 16.2. The molecule has 3 heterocycles. The zero-order chi connectivity index (χ0) is 33.8. The van der Waals surface area contributed by atoms with Gasteiger partial charge in [0.15, 0.2) is 5.78 Å². The van der Waals surface area contributed by atoms with Crippen LogP contribution < -0.4 is 0 Å². The summed E-state index contributed by atoms with van der Waals surface area (Å²) in [6.45, 7) is 16.7. The average Bonchev–Trinajstić information content (AvgIpc) is 3.63. The summed E-state index contributed by atoms with van der Waals surface area (Å²) >= 11 is 1.80. The Balaban J connectivity index is 0.000000279. The number of aryl methyl sites for hydroxylation is 4. The van der Waals surface area contributed by atoms with Crippen LogP contribution >= 0.6 is 11.3 Å². The van der Waals surface area contributed by atoms with Gasteiger partial charge in [-0.1, -0.05) is 69.0 Å². The topological polar surface area (TPSA) is 63.3 Å². The third-order valence-electron chi connectivity index (χ3n) is 9.42. The van der Waals surface area contributed by atoms with Crippen molar-refractivity contribution in [2.75, 3.05) is 0 Å². The van der Waals surface area contributed by atoms with Crippen molar-refractivity contribution in [3.05, 3.63) is 100 Å². The number of aliphatic hydroxyl groups is 1. The van der Waals surface area contributed by atoms with Gasteiger partial charge in [0, 0.05) is 70.1 Å². The van der Waals surface area contributed by atoms with Crippen LogP contribution in [-0.4, -0.2) is 15.9 Å². The molecule has 3 aromatic heterocycles. The number of furan rings is 1. The van der Waals surface area contributed by atoms with E-state index in [-0.39, 0.29) is 43.5 Å². The van der Waals surface area contributed by atoms with Crippen LogP contribution in [0.1, 0.15) is 74.9 Å². The molecule has 1 N–H and O–H groups in total. The van der Waals surface area contributed by atoms with Gasteiger partial charge in [-0.2, -0.15) is 0 Å². The number of benzene rings is 3. The van der Waals surface area contributed by atoms with Gasteiger partial charge in [0.1, 0.15) is 5.58 Å². The molecule has 6 heteroatoms. The molecule has 0 aliphatic rings. The summed E-state index contributed by atoms with van der Waals surface area (Å²) in [5.74, 6) is 0.547. The summed E-state index contributed by atoms with van der Waals surface area (Å²) in [5, 5.41) is 13.2. The van der Waals surface area contributed by atoms with Crippen molar-refractivity contribution in [3.8, 4) is 22.4 Å². The van der Waals surface area contributed by atoms with Gasteiger partial charge in [0.25, 0.3) is 0 Å². The number of nitrogens with zero attached hydrogens (tertiary/aromatic N) is 1. The number of hydrogen-bond acceptors (Lipinski definition) is 5. The number of aromatic nitrogens is 1. The Labute approximate surface area is 302 Å². The van der Waals surface area contributed by atoms with E-state index in [4.69, 9.17) is 9.40 Å². The molecule has 0 amide bonds. The minimum Gasteiger partial charge on any atom is -0.512 e. The smallest absolute Gasteiger partial charge is 0.162 e. The number of carbonyl (C=O) groups is 1. The third-order valence-corrected chi connectivity index (χ3v) is 10.4. The predicted molar refractivity (Wildman–Crippen MR) is 199 cm³/mol. The molecule has 48 heavy (non-hydrogen) atoms. The third kappa shape index (κ3) is 7.52. The molecule has 0 saturated carbocycles. The van der Waals surface area contributed by atoms with E-state index in [0.29, 0.717) is 0 Å². The summed E-state index contributed by atoms with van der Waals surface area (Å²) in [6, 6.07) is 22.6. The summed E-state index contributed by atoms with van der Waals surface area (Å²) in [6.07, 6.45) is 6.90. The first kappa shape index (κ1) is 37.3. The second-order valence-electron chi connectivity index (χ2n) is 12.6. The number of carbonyl (C=O) groups excluding carboxylic acids is 1. The number of thiophene rings is 1. The molecule has 3 aromatic carbocycles. The van der Waals surface area contributed by atoms with Gasteiger partial charge in [0.2, 0.25) is 0 Å². The molecule has 0 atom stereocenters. The summed E-state index contributed by atoms with van der Waals surface area (Å²) in [4.78, 5) is 17.9. The van der Waals surface area contributed by atoms with Crippen LogP contribution in [0.3, 0.4) is 0 Å². The Hall–Kier alpha value is -3.57. The summed E-state index contributed by atoms with van der Waals surface area (Å²) in [7, 11) is 0. The summed E-state index contributed by atoms with van der Waals surface area (Å²) in [5.41, 5.74) is 9.78. The van der Waals surface area contributed by atoms with E-state index < -0.39 is 0 Å². The average molecular weight is 837 g/mol. The zero-order valence-electron chi connectivity index (χ0n) is 29.3. The van der Waals surface area contributed by atoms with Crippen molar-refractivity contribution < 1.29 is 34.4 Å². The van der Waals surface area contributed by atoms with Gasteiger partial charge in [-0.25, -0.2) is 0 Å². The number of hydrogen-bond donors (Lipinski definition) is 1. The van der Waals surface area contributed by atoms with Crippen molar-refractivity contribution >= 4 is 49.1 Å². The van der Waals surface area contributed by atoms with E-state index >= 15 is 0 Å². The fourth-order valence-corrected chi connectivity index (χ4v) is 7.52. The molecule has 6 aromatic rings. The molecule has 253 valence electrons. The van der Waals surface area contributed by atoms with Crippen molar-refractivity contribution in [1.29, 1.82) is 0 Å². The van der Waals surface area contributed by atoms with E-state index in [9.17, 15) is 9.90 Å². The normalized spacial score (nSPS) is 11.8. The molecular weight excluding hydrogens is 791 g/mol. The van der Waals surface area contributed by atoms with Gasteiger partial charge in [-0.3, -0.25) is 4.79 Å². The van der Waals surface area contributed by atoms with Crippen molar-refractivity contribution in [3.63, 3.8) is 0 Å². The van der Waals surface area contributed by atoms with Crippen LogP contribution in [0.2, 0.25) is 0 Å². The van der Waals surface area contributed by atoms with Crippen LogP contribution in [0, 0.1) is 45.6 Å². The Morgan fingerprint density at radius 1 is 0.854 bits per heavy atom. The Morgan fingerprint density at radius 2 is 1.50 bits per heavy atom. The van der Waals surface area contributed by atoms with E-state index in [1.807, 2.05) is 40.0 Å². The van der Waals surface area contributed by atoms with Crippen LogP contribution in [0.15, 0.2) is 77.0 Å². The number of allylic oxidation sites excluding steroid dienone is 2. The molecule has 4 nitrogen and oxygen atoms in total. The van der Waals surface area contributed by atoms with Crippen molar-refractivity contribution in [2.24, 2.45) is 11.8 Å². The minimum absolute atomic E-state index is 0. The van der Waals surface area contributed by atoms with Gasteiger partial charge in [0.05, 0.1) is 11.3 Å². The first-order valence-corrected chi connectivity index (χ1v) is 17.7. The summed E-state index contributed by atoms with van der Waals surface area (Å²) < 4.78 is 7.75. The van der Waals surface area contributed by atoms with E-state index in [1.165, 1.54) is 48.9 Å². The van der Waals surface area contributed by atoms with E-state index in [1.54, 1.807) is 11.3 Å². The molecule has 0 bridgehead atoms. The monoisotopic (exact) mass is 837 g/mol. The van der Waals surface area contributed by atoms with E-state index in [0.717, 1.165) is 58.9 Å². The largest absolute Gasteiger partial charge is 0.512 e. The Morgan fingerprint density at radius 3 is 2.12 bits per heavy atom. The molecule has 0 spiro atoms. The molecule has 0 aliphatic heterocycles. The van der Waals surface area contributed by atoms with Gasteiger partial charge in [-0.15, -0.1) is 29.5 Å². The maximum atomic E-state index is 11.7. The quantitative estimate of drug-likeness (QED) is 0.0895. The Kier molecular flexibility index (Phi) is 12.6. The predicted octanol–water partition coefficient (Wildman–Crippen LogP) is 12.4. The number of ketones is 1. The molecular formula is C42H46IrNO3S-. The molecule has 0 unspecified atom stereocenters. The van der Waals surface area contributed by atoms with E-state index in [2.05, 4.69) is 82.3 Å². The molecule has 0 aliphatic carbocycles. The first-order chi connectivity index (χ1) is 22.6. The maximum absolute atomic E-state index is 11.7. The molecule has 0 fully saturated rings. The van der Waals surface area contributed by atoms with Crippen LogP contribution in [-0.2, 0) is 24.9 Å². The van der Waals surface area contributed by atoms with Crippen LogP contribution in [0.4, 0.5) is 0 Å². The number of fused-ring (bicyclic) bond motifs is 5. The van der Waals surface area contributed by atoms with Gasteiger partial charge >= 0.3 is 0 Å². The number of pyridine rings is 1. The first-order valence-electron chi connectivity index (χ1n) is 16.9. The van der Waals surface area contributed by atoms with Gasteiger partial charge < -0.3 is 14.5 Å². The van der Waals surface area contributed by atoms with Crippen LogP contribution in [0.5, 0.6) is 0 Å². The van der Waals surface area contributed by atoms with Crippen LogP contribution in [0.25, 0.3) is 54.4 Å². The van der Waals surface area contributed by atoms with Crippen molar-refractivity contribution in [2.45, 2.75) is 81.1 Å². The second-order valence-corrected chi connectivity index (χ2v) is 13.8. The number of aliphatic hydroxyl groups excluding tert-OH is 1. The SMILES string of the molecule is CCC(CC)C(=O)/C=C(\O)C(CC)CC.Cc1cc2c(ccc3c4cc[c-]c(-c5cc(C)c(-c6c(C)cccc6C)cn5)c4oc23)s1.[Ir]. The minimum atomic E-state index is 0. The molecule has 0 saturated heterocycles. The van der Waals surface area contributed by atoms with Crippen molar-refractivity contribution in [1.82, 2.24) is 4.98 Å².